The number of halogens is 1. The van der Waals surface area contributed by atoms with Crippen molar-refractivity contribution < 1.29 is 18.7 Å². The molecule has 0 bridgehead atoms. The molecule has 2 aromatic carbocycles. The number of hydrogen-bond acceptors (Lipinski definition) is 8. The fourth-order valence-corrected chi connectivity index (χ4v) is 5.34. The SMILES string of the molecule is O=C(CSc1nnc2c3c(-c4ccc(F)cc4)csc3ncn12)NCc1ccc2c(c1)OCO2. The number of nitrogens with one attached hydrogen (secondary N) is 1. The van der Waals surface area contributed by atoms with E-state index in [2.05, 4.69) is 20.5 Å². The molecule has 0 atom stereocenters. The van der Waals surface area contributed by atoms with Crippen molar-refractivity contribution in [2.45, 2.75) is 11.7 Å². The number of benzene rings is 2. The summed E-state index contributed by atoms with van der Waals surface area (Å²) in [5.41, 5.74) is 3.37. The van der Waals surface area contributed by atoms with E-state index in [1.807, 2.05) is 23.6 Å². The first-order chi connectivity index (χ1) is 16.7. The number of aromatic nitrogens is 4. The maximum absolute atomic E-state index is 13.4. The van der Waals surface area contributed by atoms with Gasteiger partial charge in [-0.15, -0.1) is 21.5 Å². The number of amides is 1. The second kappa shape index (κ2) is 8.58. The molecule has 8 nitrogen and oxygen atoms in total. The van der Waals surface area contributed by atoms with Crippen molar-refractivity contribution in [1.82, 2.24) is 24.9 Å². The van der Waals surface area contributed by atoms with E-state index in [-0.39, 0.29) is 24.3 Å². The minimum absolute atomic E-state index is 0.129. The summed E-state index contributed by atoms with van der Waals surface area (Å²) in [6, 6.07) is 11.9. The van der Waals surface area contributed by atoms with Crippen LogP contribution in [-0.2, 0) is 11.3 Å². The quantitative estimate of drug-likeness (QED) is 0.353. The Kier molecular flexibility index (Phi) is 5.27. The van der Waals surface area contributed by atoms with E-state index in [1.54, 1.807) is 22.9 Å². The van der Waals surface area contributed by atoms with Crippen LogP contribution >= 0.6 is 23.1 Å². The molecule has 1 aliphatic rings. The van der Waals surface area contributed by atoms with E-state index < -0.39 is 0 Å². The average molecular weight is 494 g/mol. The molecule has 0 unspecified atom stereocenters. The predicted molar refractivity (Wildman–Crippen MR) is 127 cm³/mol. The first-order valence-corrected chi connectivity index (χ1v) is 12.2. The Hall–Kier alpha value is -3.70. The number of thioether (sulfide) groups is 1. The lowest BCUT2D eigenvalue weighted by Crippen LogP contribution is -2.24. The third-order valence-corrected chi connectivity index (χ3v) is 7.19. The normalized spacial score (nSPS) is 12.5. The molecule has 170 valence electrons. The Morgan fingerprint density at radius 1 is 1.15 bits per heavy atom. The topological polar surface area (TPSA) is 90.6 Å². The molecule has 1 amide bonds. The Bertz CT molecular complexity index is 1530. The maximum atomic E-state index is 13.4. The molecule has 0 fully saturated rings. The summed E-state index contributed by atoms with van der Waals surface area (Å²) in [4.78, 5) is 17.8. The van der Waals surface area contributed by atoms with Crippen molar-refractivity contribution in [2.24, 2.45) is 0 Å². The maximum Gasteiger partial charge on any atom is 0.231 e. The number of carbonyl (C=O) groups is 1. The van der Waals surface area contributed by atoms with Crippen LogP contribution in [0.3, 0.4) is 0 Å². The van der Waals surface area contributed by atoms with Crippen molar-refractivity contribution in [3.63, 3.8) is 0 Å². The van der Waals surface area contributed by atoms with Gasteiger partial charge in [0.2, 0.25) is 12.7 Å². The Labute approximate surface area is 200 Å². The van der Waals surface area contributed by atoms with E-state index >= 15 is 0 Å². The highest BCUT2D eigenvalue weighted by Gasteiger charge is 2.17. The summed E-state index contributed by atoms with van der Waals surface area (Å²) < 4.78 is 25.8. The van der Waals surface area contributed by atoms with Gasteiger partial charge in [-0.25, -0.2) is 9.37 Å². The van der Waals surface area contributed by atoms with Crippen molar-refractivity contribution in [3.05, 3.63) is 65.6 Å². The van der Waals surface area contributed by atoms with Gasteiger partial charge in [-0.05, 0) is 35.4 Å². The summed E-state index contributed by atoms with van der Waals surface area (Å²) in [5.74, 6) is 1.15. The van der Waals surface area contributed by atoms with Gasteiger partial charge in [-0.3, -0.25) is 9.20 Å². The minimum Gasteiger partial charge on any atom is -0.454 e. The van der Waals surface area contributed by atoms with Crippen molar-refractivity contribution >= 4 is 44.9 Å². The molecule has 0 saturated carbocycles. The smallest absolute Gasteiger partial charge is 0.231 e. The molecule has 0 saturated heterocycles. The minimum atomic E-state index is -0.287. The number of thiophene rings is 1. The van der Waals surface area contributed by atoms with Crippen LogP contribution in [0.15, 0.2) is 59.3 Å². The molecule has 1 N–H and O–H groups in total. The third-order valence-electron chi connectivity index (χ3n) is 5.36. The second-order valence-corrected chi connectivity index (χ2v) is 9.31. The molecule has 34 heavy (non-hydrogen) atoms. The van der Waals surface area contributed by atoms with E-state index in [0.717, 1.165) is 26.9 Å². The fraction of sp³-hybridized carbons (Fsp3) is 0.130. The van der Waals surface area contributed by atoms with E-state index in [9.17, 15) is 9.18 Å². The fourth-order valence-electron chi connectivity index (χ4n) is 3.69. The molecule has 4 heterocycles. The highest BCUT2D eigenvalue weighted by atomic mass is 32.2. The molecular weight excluding hydrogens is 477 g/mol. The van der Waals surface area contributed by atoms with Gasteiger partial charge in [0.25, 0.3) is 0 Å². The van der Waals surface area contributed by atoms with Gasteiger partial charge < -0.3 is 14.8 Å². The Morgan fingerprint density at radius 3 is 2.88 bits per heavy atom. The van der Waals surface area contributed by atoms with Crippen molar-refractivity contribution in [1.29, 1.82) is 0 Å². The van der Waals surface area contributed by atoms with Gasteiger partial charge in [0.05, 0.1) is 11.1 Å². The van der Waals surface area contributed by atoms with Gasteiger partial charge in [-0.2, -0.15) is 0 Å². The van der Waals surface area contributed by atoms with Crippen LogP contribution in [0.4, 0.5) is 4.39 Å². The number of hydrogen-bond donors (Lipinski definition) is 1. The molecule has 0 spiro atoms. The van der Waals surface area contributed by atoms with Crippen LogP contribution in [0.5, 0.6) is 11.5 Å². The van der Waals surface area contributed by atoms with Crippen molar-refractivity contribution in [2.75, 3.05) is 12.5 Å². The zero-order valence-electron chi connectivity index (χ0n) is 17.5. The molecular formula is C23H16FN5O3S2. The summed E-state index contributed by atoms with van der Waals surface area (Å²) in [6.45, 7) is 0.598. The number of ether oxygens (including phenoxy) is 2. The van der Waals surface area contributed by atoms with Gasteiger partial charge >= 0.3 is 0 Å². The van der Waals surface area contributed by atoms with Crippen LogP contribution in [0.25, 0.3) is 27.0 Å². The molecule has 5 aromatic rings. The first-order valence-electron chi connectivity index (χ1n) is 10.3. The lowest BCUT2D eigenvalue weighted by Gasteiger charge is -2.06. The summed E-state index contributed by atoms with van der Waals surface area (Å²) in [6.07, 6.45) is 1.66. The number of carbonyl (C=O) groups excluding carboxylic acids is 1. The van der Waals surface area contributed by atoms with Crippen molar-refractivity contribution in [3.8, 4) is 22.6 Å². The zero-order valence-corrected chi connectivity index (χ0v) is 19.2. The van der Waals surface area contributed by atoms with E-state index in [1.165, 1.54) is 35.2 Å². The predicted octanol–water partition coefficient (Wildman–Crippen LogP) is 4.28. The van der Waals surface area contributed by atoms with E-state index in [4.69, 9.17) is 9.47 Å². The molecule has 1 aliphatic heterocycles. The third kappa shape index (κ3) is 3.82. The lowest BCUT2D eigenvalue weighted by atomic mass is 10.1. The van der Waals surface area contributed by atoms with E-state index in [0.29, 0.717) is 28.8 Å². The van der Waals surface area contributed by atoms with Crippen LogP contribution in [0.2, 0.25) is 0 Å². The highest BCUT2D eigenvalue weighted by Crippen LogP contribution is 2.36. The number of rotatable bonds is 6. The highest BCUT2D eigenvalue weighted by molar-refractivity contribution is 7.99. The Morgan fingerprint density at radius 2 is 2.00 bits per heavy atom. The van der Waals surface area contributed by atoms with Crippen LogP contribution in [-0.4, -0.2) is 38.0 Å². The van der Waals surface area contributed by atoms with Crippen LogP contribution in [0, 0.1) is 5.82 Å². The van der Waals surface area contributed by atoms with Gasteiger partial charge in [0.1, 0.15) is 17.0 Å². The first kappa shape index (κ1) is 20.9. The standard InChI is InChI=1S/C23H16FN5O3S2/c24-15-4-2-14(3-5-15)16-9-33-22-20(16)21-27-28-23(29(21)11-26-22)34-10-19(30)25-8-13-1-6-17-18(7-13)32-12-31-17/h1-7,9,11H,8,10,12H2,(H,25,30). The summed E-state index contributed by atoms with van der Waals surface area (Å²) in [7, 11) is 0. The van der Waals surface area contributed by atoms with Gasteiger partial charge in [0.15, 0.2) is 22.3 Å². The lowest BCUT2D eigenvalue weighted by molar-refractivity contribution is -0.118. The largest absolute Gasteiger partial charge is 0.454 e. The summed E-state index contributed by atoms with van der Waals surface area (Å²) >= 11 is 2.77. The monoisotopic (exact) mass is 493 g/mol. The average Bonchev–Trinajstić information content (AvgIpc) is 3.59. The molecule has 6 rings (SSSR count). The van der Waals surface area contributed by atoms with Crippen LogP contribution in [0.1, 0.15) is 5.56 Å². The number of nitrogens with zero attached hydrogens (tertiary/aromatic N) is 4. The molecule has 11 heteroatoms. The molecule has 3 aromatic heterocycles. The molecule has 0 aliphatic carbocycles. The van der Waals surface area contributed by atoms with Gasteiger partial charge in [-0.1, -0.05) is 30.0 Å². The summed E-state index contributed by atoms with van der Waals surface area (Å²) in [5, 5.41) is 14.9. The Balaban J connectivity index is 1.18. The zero-order chi connectivity index (χ0) is 23.1. The van der Waals surface area contributed by atoms with Crippen LogP contribution < -0.4 is 14.8 Å². The molecule has 0 radical (unpaired) electrons. The number of fused-ring (bicyclic) bond motifs is 4. The van der Waals surface area contributed by atoms with Gasteiger partial charge in [0, 0.05) is 17.5 Å². The second-order valence-electron chi connectivity index (χ2n) is 7.51.